The lowest BCUT2D eigenvalue weighted by molar-refractivity contribution is -0.141. The third-order valence-corrected chi connectivity index (χ3v) is 2.96. The van der Waals surface area contributed by atoms with Crippen LogP contribution in [-0.2, 0) is 14.3 Å². The first-order valence-electron chi connectivity index (χ1n) is 6.10. The van der Waals surface area contributed by atoms with E-state index in [0.29, 0.717) is 19.8 Å². The fourth-order valence-electron chi connectivity index (χ4n) is 1.56. The summed E-state index contributed by atoms with van der Waals surface area (Å²) in [5.41, 5.74) is 0. The molecule has 0 aliphatic rings. The fraction of sp³-hybridized carbons (Fsp3) is 0.833. The van der Waals surface area contributed by atoms with Gasteiger partial charge in [-0.05, 0) is 13.8 Å². The van der Waals surface area contributed by atoms with Crippen molar-refractivity contribution in [3.8, 4) is 0 Å². The van der Waals surface area contributed by atoms with E-state index in [1.54, 1.807) is 19.1 Å². The molecule has 2 amide bonds. The van der Waals surface area contributed by atoms with E-state index in [1.807, 2.05) is 6.92 Å². The largest absolute Gasteiger partial charge is 0.480 e. The summed E-state index contributed by atoms with van der Waals surface area (Å²) < 4.78 is 10.0. The molecule has 0 aromatic rings. The Morgan fingerprint density at radius 2 is 1.79 bits per heavy atom. The Kier molecular flexibility index (Phi) is 8.09. The normalized spacial score (nSPS) is 13.7. The van der Waals surface area contributed by atoms with E-state index in [4.69, 9.17) is 14.6 Å². The average molecular weight is 276 g/mol. The maximum Gasteiger partial charge on any atom is 0.326 e. The Morgan fingerprint density at radius 1 is 1.21 bits per heavy atom. The molecule has 7 nitrogen and oxygen atoms in total. The van der Waals surface area contributed by atoms with Gasteiger partial charge in [-0.25, -0.2) is 9.59 Å². The predicted octanol–water partition coefficient (Wildman–Crippen LogP) is 0.495. The number of carboxylic acids is 1. The zero-order valence-corrected chi connectivity index (χ0v) is 12.3. The molecule has 0 aliphatic carbocycles. The number of likely N-dealkylation sites (N-methyl/N-ethyl adjacent to an activating group) is 1. The molecule has 0 saturated carbocycles. The Hall–Kier alpha value is -1.34. The van der Waals surface area contributed by atoms with Crippen molar-refractivity contribution in [3.05, 3.63) is 0 Å². The second-order valence-electron chi connectivity index (χ2n) is 4.40. The highest BCUT2D eigenvalue weighted by molar-refractivity contribution is 5.82. The highest BCUT2D eigenvalue weighted by Crippen LogP contribution is 2.07. The number of aliphatic carboxylic acids is 1. The van der Waals surface area contributed by atoms with E-state index >= 15 is 0 Å². The van der Waals surface area contributed by atoms with Gasteiger partial charge < -0.3 is 24.4 Å². The highest BCUT2D eigenvalue weighted by Gasteiger charge is 2.28. The van der Waals surface area contributed by atoms with Gasteiger partial charge in [0.15, 0.2) is 0 Å². The molecule has 0 aliphatic heterocycles. The summed E-state index contributed by atoms with van der Waals surface area (Å²) in [5, 5.41) is 8.94. The van der Waals surface area contributed by atoms with Crippen LogP contribution in [0.1, 0.15) is 13.8 Å². The van der Waals surface area contributed by atoms with Gasteiger partial charge in [-0.3, -0.25) is 0 Å². The highest BCUT2D eigenvalue weighted by atomic mass is 16.5. The third-order valence-electron chi connectivity index (χ3n) is 2.96. The lowest BCUT2D eigenvalue weighted by Gasteiger charge is -2.34. The van der Waals surface area contributed by atoms with E-state index in [2.05, 4.69) is 0 Å². The minimum Gasteiger partial charge on any atom is -0.480 e. The summed E-state index contributed by atoms with van der Waals surface area (Å²) in [5.74, 6) is -1.04. The lowest BCUT2D eigenvalue weighted by Crippen LogP contribution is -2.52. The number of urea groups is 1. The summed E-state index contributed by atoms with van der Waals surface area (Å²) in [6.07, 6.45) is 0. The summed E-state index contributed by atoms with van der Waals surface area (Å²) in [4.78, 5) is 26.0. The van der Waals surface area contributed by atoms with Crippen molar-refractivity contribution in [2.24, 2.45) is 0 Å². The van der Waals surface area contributed by atoms with Crippen LogP contribution < -0.4 is 0 Å². The first kappa shape index (κ1) is 17.7. The molecule has 2 atom stereocenters. The van der Waals surface area contributed by atoms with Crippen LogP contribution in [0.5, 0.6) is 0 Å². The molecular weight excluding hydrogens is 252 g/mol. The summed E-state index contributed by atoms with van der Waals surface area (Å²) in [6.45, 7) is 4.46. The first-order chi connectivity index (χ1) is 8.86. The van der Waals surface area contributed by atoms with Gasteiger partial charge >= 0.3 is 12.0 Å². The van der Waals surface area contributed by atoms with E-state index < -0.39 is 12.0 Å². The number of rotatable bonds is 8. The van der Waals surface area contributed by atoms with Gasteiger partial charge in [-0.15, -0.1) is 0 Å². The van der Waals surface area contributed by atoms with E-state index in [-0.39, 0.29) is 12.1 Å². The van der Waals surface area contributed by atoms with Crippen LogP contribution in [0.15, 0.2) is 0 Å². The van der Waals surface area contributed by atoms with Gasteiger partial charge in [0.1, 0.15) is 6.04 Å². The standard InChI is InChI=1S/C12H24N2O5/c1-9(8-19-5)14(6-7-18-4)12(17)13(3)10(2)11(15)16/h9-10H,6-8H2,1-5H3,(H,15,16). The van der Waals surface area contributed by atoms with Crippen molar-refractivity contribution >= 4 is 12.0 Å². The topological polar surface area (TPSA) is 79.3 Å². The number of carbonyl (C=O) groups excluding carboxylic acids is 1. The van der Waals surface area contributed by atoms with Crippen LogP contribution >= 0.6 is 0 Å². The molecule has 2 unspecified atom stereocenters. The molecule has 0 bridgehead atoms. The van der Waals surface area contributed by atoms with Gasteiger partial charge in [0.05, 0.1) is 19.3 Å². The predicted molar refractivity (Wildman–Crippen MR) is 70.2 cm³/mol. The number of methoxy groups -OCH3 is 2. The molecule has 1 N–H and O–H groups in total. The number of amides is 2. The molecule has 0 aromatic heterocycles. The SMILES string of the molecule is COCCN(C(=O)N(C)C(C)C(=O)O)C(C)COC. The molecule has 0 aromatic carbocycles. The van der Waals surface area contributed by atoms with Crippen LogP contribution in [0.2, 0.25) is 0 Å². The number of hydrogen-bond donors (Lipinski definition) is 1. The van der Waals surface area contributed by atoms with E-state index in [1.165, 1.54) is 18.9 Å². The number of carboxylic acid groups (broad SMARTS) is 1. The number of ether oxygens (including phenoxy) is 2. The van der Waals surface area contributed by atoms with Crippen molar-refractivity contribution in [3.63, 3.8) is 0 Å². The maximum absolute atomic E-state index is 12.3. The molecule has 0 fully saturated rings. The molecule has 112 valence electrons. The molecule has 19 heavy (non-hydrogen) atoms. The van der Waals surface area contributed by atoms with E-state index in [9.17, 15) is 9.59 Å². The Bertz CT molecular complexity index is 298. The zero-order valence-electron chi connectivity index (χ0n) is 12.3. The molecule has 0 spiro atoms. The minimum atomic E-state index is -1.04. The van der Waals surface area contributed by atoms with Gasteiger partial charge in [0.25, 0.3) is 0 Å². The van der Waals surface area contributed by atoms with Crippen molar-refractivity contribution in [1.29, 1.82) is 0 Å². The van der Waals surface area contributed by atoms with Gasteiger partial charge in [0, 0.05) is 27.8 Å². The Balaban J connectivity index is 4.82. The molecule has 0 heterocycles. The van der Waals surface area contributed by atoms with Crippen molar-refractivity contribution in [2.75, 3.05) is 41.0 Å². The fourth-order valence-corrected chi connectivity index (χ4v) is 1.56. The summed E-state index contributed by atoms with van der Waals surface area (Å²) >= 11 is 0. The second kappa shape index (κ2) is 8.71. The van der Waals surface area contributed by atoms with Crippen LogP contribution in [0.25, 0.3) is 0 Å². The van der Waals surface area contributed by atoms with Crippen LogP contribution in [-0.4, -0.2) is 80.0 Å². The minimum absolute atomic E-state index is 0.156. The summed E-state index contributed by atoms with van der Waals surface area (Å²) in [7, 11) is 4.58. The van der Waals surface area contributed by atoms with Crippen molar-refractivity contribution in [1.82, 2.24) is 9.80 Å². The quantitative estimate of drug-likeness (QED) is 0.698. The van der Waals surface area contributed by atoms with Crippen molar-refractivity contribution < 1.29 is 24.2 Å². The smallest absolute Gasteiger partial charge is 0.326 e. The molecule has 7 heteroatoms. The Morgan fingerprint density at radius 3 is 2.21 bits per heavy atom. The zero-order chi connectivity index (χ0) is 15.0. The second-order valence-corrected chi connectivity index (χ2v) is 4.40. The first-order valence-corrected chi connectivity index (χ1v) is 6.10. The number of hydrogen-bond acceptors (Lipinski definition) is 4. The maximum atomic E-state index is 12.3. The van der Waals surface area contributed by atoms with Gasteiger partial charge in [-0.1, -0.05) is 0 Å². The van der Waals surface area contributed by atoms with Crippen LogP contribution in [0.4, 0.5) is 4.79 Å². The molecule has 0 saturated heterocycles. The molecule has 0 radical (unpaired) electrons. The number of carbonyl (C=O) groups is 2. The molecule has 0 rings (SSSR count). The third kappa shape index (κ3) is 5.44. The molecular formula is C12H24N2O5. The summed E-state index contributed by atoms with van der Waals surface area (Å²) in [6, 6.07) is -1.39. The Labute approximate surface area is 114 Å². The van der Waals surface area contributed by atoms with Crippen LogP contribution in [0, 0.1) is 0 Å². The van der Waals surface area contributed by atoms with E-state index in [0.717, 1.165) is 0 Å². The van der Waals surface area contributed by atoms with Crippen molar-refractivity contribution in [2.45, 2.75) is 25.9 Å². The number of nitrogens with zero attached hydrogens (tertiary/aromatic N) is 2. The average Bonchev–Trinajstić information content (AvgIpc) is 2.37. The monoisotopic (exact) mass is 276 g/mol. The van der Waals surface area contributed by atoms with Gasteiger partial charge in [-0.2, -0.15) is 0 Å². The van der Waals surface area contributed by atoms with Gasteiger partial charge in [0.2, 0.25) is 0 Å². The van der Waals surface area contributed by atoms with Crippen LogP contribution in [0.3, 0.4) is 0 Å². The lowest BCUT2D eigenvalue weighted by atomic mass is 10.2.